The second-order valence-corrected chi connectivity index (χ2v) is 4.44. The molecule has 100 valence electrons. The van der Waals surface area contributed by atoms with Crippen molar-refractivity contribution in [1.29, 1.82) is 0 Å². The molecule has 0 atom stereocenters. The summed E-state index contributed by atoms with van der Waals surface area (Å²) < 4.78 is 2.18. The SMILES string of the molecule is CCn1cccc1CNc1ccccc1CC(N)=O. The largest absolute Gasteiger partial charge is 0.379 e. The molecule has 2 rings (SSSR count). The highest BCUT2D eigenvalue weighted by Gasteiger charge is 2.05. The normalized spacial score (nSPS) is 10.4. The molecular weight excluding hydrogens is 238 g/mol. The molecule has 0 radical (unpaired) electrons. The third-order valence-corrected chi connectivity index (χ3v) is 3.11. The molecule has 0 spiro atoms. The first-order valence-corrected chi connectivity index (χ1v) is 6.44. The molecule has 0 aliphatic carbocycles. The fourth-order valence-electron chi connectivity index (χ4n) is 2.14. The molecule has 0 bridgehead atoms. The molecule has 0 aliphatic rings. The minimum Gasteiger partial charge on any atom is -0.379 e. The van der Waals surface area contributed by atoms with Crippen molar-refractivity contribution >= 4 is 11.6 Å². The highest BCUT2D eigenvalue weighted by Crippen LogP contribution is 2.16. The van der Waals surface area contributed by atoms with Gasteiger partial charge in [0.15, 0.2) is 0 Å². The van der Waals surface area contributed by atoms with Crippen molar-refractivity contribution in [2.75, 3.05) is 5.32 Å². The molecule has 4 heteroatoms. The molecule has 1 heterocycles. The topological polar surface area (TPSA) is 60.1 Å². The fraction of sp³-hybridized carbons (Fsp3) is 0.267. The van der Waals surface area contributed by atoms with E-state index in [-0.39, 0.29) is 12.3 Å². The number of carbonyl (C=O) groups excluding carboxylic acids is 1. The number of anilines is 1. The van der Waals surface area contributed by atoms with Crippen LogP contribution in [-0.4, -0.2) is 10.5 Å². The number of primary amides is 1. The number of nitrogens with two attached hydrogens (primary N) is 1. The van der Waals surface area contributed by atoms with E-state index < -0.39 is 0 Å². The predicted molar refractivity (Wildman–Crippen MR) is 76.8 cm³/mol. The molecule has 0 saturated heterocycles. The summed E-state index contributed by atoms with van der Waals surface area (Å²) in [4.78, 5) is 11.0. The Morgan fingerprint density at radius 2 is 2.05 bits per heavy atom. The number of hydrogen-bond acceptors (Lipinski definition) is 2. The standard InChI is InChI=1S/C15H19N3O/c1-2-18-9-5-7-13(18)11-17-14-8-4-3-6-12(14)10-15(16)19/h3-9,17H,2,10-11H2,1H3,(H2,16,19). The van der Waals surface area contributed by atoms with Gasteiger partial charge in [-0.25, -0.2) is 0 Å². The van der Waals surface area contributed by atoms with Crippen molar-refractivity contribution in [3.8, 4) is 0 Å². The zero-order valence-corrected chi connectivity index (χ0v) is 11.1. The van der Waals surface area contributed by atoms with Crippen molar-refractivity contribution < 1.29 is 4.79 Å². The summed E-state index contributed by atoms with van der Waals surface area (Å²) in [5, 5.41) is 3.37. The minimum atomic E-state index is -0.314. The minimum absolute atomic E-state index is 0.262. The van der Waals surface area contributed by atoms with E-state index in [1.165, 1.54) is 5.69 Å². The van der Waals surface area contributed by atoms with E-state index >= 15 is 0 Å². The van der Waals surface area contributed by atoms with Gasteiger partial charge in [-0.05, 0) is 30.7 Å². The van der Waals surface area contributed by atoms with Crippen LogP contribution in [0.2, 0.25) is 0 Å². The quantitative estimate of drug-likeness (QED) is 0.833. The van der Waals surface area contributed by atoms with E-state index in [2.05, 4.69) is 29.1 Å². The van der Waals surface area contributed by atoms with Crippen LogP contribution in [0.5, 0.6) is 0 Å². The van der Waals surface area contributed by atoms with E-state index in [4.69, 9.17) is 5.73 Å². The van der Waals surface area contributed by atoms with Crippen molar-refractivity contribution in [3.63, 3.8) is 0 Å². The van der Waals surface area contributed by atoms with Gasteiger partial charge in [-0.2, -0.15) is 0 Å². The van der Waals surface area contributed by atoms with Crippen molar-refractivity contribution in [1.82, 2.24) is 4.57 Å². The monoisotopic (exact) mass is 257 g/mol. The lowest BCUT2D eigenvalue weighted by Crippen LogP contribution is -2.15. The van der Waals surface area contributed by atoms with Crippen molar-refractivity contribution in [3.05, 3.63) is 53.9 Å². The van der Waals surface area contributed by atoms with Gasteiger partial charge in [-0.15, -0.1) is 0 Å². The maximum Gasteiger partial charge on any atom is 0.221 e. The first-order valence-electron chi connectivity index (χ1n) is 6.44. The van der Waals surface area contributed by atoms with Crippen LogP contribution in [-0.2, 0) is 24.3 Å². The molecular formula is C15H19N3O. The van der Waals surface area contributed by atoms with Gasteiger partial charge in [0.25, 0.3) is 0 Å². The van der Waals surface area contributed by atoms with Crippen LogP contribution in [0.1, 0.15) is 18.2 Å². The van der Waals surface area contributed by atoms with Gasteiger partial charge in [-0.1, -0.05) is 18.2 Å². The van der Waals surface area contributed by atoms with Gasteiger partial charge in [0.2, 0.25) is 5.91 Å². The third kappa shape index (κ3) is 3.37. The summed E-state index contributed by atoms with van der Waals surface area (Å²) in [6.07, 6.45) is 2.32. The average molecular weight is 257 g/mol. The Labute approximate surface area is 113 Å². The van der Waals surface area contributed by atoms with Crippen LogP contribution < -0.4 is 11.1 Å². The Kier molecular flexibility index (Phi) is 4.23. The molecule has 1 aromatic carbocycles. The highest BCUT2D eigenvalue weighted by atomic mass is 16.1. The lowest BCUT2D eigenvalue weighted by atomic mass is 10.1. The molecule has 1 amide bonds. The zero-order valence-electron chi connectivity index (χ0n) is 11.1. The summed E-state index contributed by atoms with van der Waals surface area (Å²) in [6, 6.07) is 11.9. The summed E-state index contributed by atoms with van der Waals surface area (Å²) in [7, 11) is 0. The maximum atomic E-state index is 11.0. The molecule has 0 aliphatic heterocycles. The summed E-state index contributed by atoms with van der Waals surface area (Å²) in [6.45, 7) is 3.80. The third-order valence-electron chi connectivity index (χ3n) is 3.11. The molecule has 4 nitrogen and oxygen atoms in total. The van der Waals surface area contributed by atoms with Gasteiger partial charge in [0.1, 0.15) is 0 Å². The Hall–Kier alpha value is -2.23. The van der Waals surface area contributed by atoms with E-state index in [1.807, 2.05) is 30.3 Å². The molecule has 0 fully saturated rings. The lowest BCUT2D eigenvalue weighted by Gasteiger charge is -2.12. The maximum absolute atomic E-state index is 11.0. The first kappa shape index (κ1) is 13.2. The van der Waals surface area contributed by atoms with Gasteiger partial charge < -0.3 is 15.6 Å². The highest BCUT2D eigenvalue weighted by molar-refractivity contribution is 5.78. The molecule has 1 aromatic heterocycles. The second-order valence-electron chi connectivity index (χ2n) is 4.44. The average Bonchev–Trinajstić information content (AvgIpc) is 2.84. The summed E-state index contributed by atoms with van der Waals surface area (Å²) >= 11 is 0. The summed E-state index contributed by atoms with van der Waals surface area (Å²) in [5.41, 5.74) is 8.38. The number of benzene rings is 1. The Balaban J connectivity index is 2.09. The number of aromatic nitrogens is 1. The van der Waals surface area contributed by atoms with Crippen LogP contribution in [0.15, 0.2) is 42.6 Å². The molecule has 2 aromatic rings. The second kappa shape index (κ2) is 6.09. The molecule has 0 unspecified atom stereocenters. The smallest absolute Gasteiger partial charge is 0.221 e. The van der Waals surface area contributed by atoms with Crippen molar-refractivity contribution in [2.24, 2.45) is 5.73 Å². The number of nitrogens with zero attached hydrogens (tertiary/aromatic N) is 1. The van der Waals surface area contributed by atoms with Crippen LogP contribution in [0.25, 0.3) is 0 Å². The zero-order chi connectivity index (χ0) is 13.7. The van der Waals surface area contributed by atoms with E-state index in [9.17, 15) is 4.79 Å². The number of nitrogens with one attached hydrogen (secondary N) is 1. The van der Waals surface area contributed by atoms with Crippen LogP contribution in [0.4, 0.5) is 5.69 Å². The summed E-state index contributed by atoms with van der Waals surface area (Å²) in [5.74, 6) is -0.314. The molecule has 19 heavy (non-hydrogen) atoms. The van der Waals surface area contributed by atoms with E-state index in [0.29, 0.717) is 0 Å². The predicted octanol–water partition coefficient (Wildman–Crippen LogP) is 2.15. The van der Waals surface area contributed by atoms with E-state index in [0.717, 1.165) is 24.3 Å². The number of amides is 1. The lowest BCUT2D eigenvalue weighted by molar-refractivity contribution is -0.117. The Bertz CT molecular complexity index is 560. The number of carbonyl (C=O) groups is 1. The van der Waals surface area contributed by atoms with Gasteiger partial charge in [0.05, 0.1) is 13.0 Å². The number of aryl methyl sites for hydroxylation is 1. The Morgan fingerprint density at radius 3 is 2.79 bits per heavy atom. The number of rotatable bonds is 6. The molecule has 0 saturated carbocycles. The van der Waals surface area contributed by atoms with Gasteiger partial charge in [-0.3, -0.25) is 4.79 Å². The van der Waals surface area contributed by atoms with Crippen LogP contribution in [0, 0.1) is 0 Å². The first-order chi connectivity index (χ1) is 9.20. The van der Waals surface area contributed by atoms with Crippen LogP contribution in [0.3, 0.4) is 0 Å². The number of para-hydroxylation sites is 1. The van der Waals surface area contributed by atoms with Gasteiger partial charge >= 0.3 is 0 Å². The van der Waals surface area contributed by atoms with Crippen LogP contribution >= 0.6 is 0 Å². The van der Waals surface area contributed by atoms with Crippen molar-refractivity contribution in [2.45, 2.75) is 26.4 Å². The Morgan fingerprint density at radius 1 is 1.26 bits per heavy atom. The molecule has 3 N–H and O–H groups in total. The van der Waals surface area contributed by atoms with Gasteiger partial charge in [0, 0.05) is 24.1 Å². The number of hydrogen-bond donors (Lipinski definition) is 2. The van der Waals surface area contributed by atoms with E-state index in [1.54, 1.807) is 0 Å². The fourth-order valence-corrected chi connectivity index (χ4v) is 2.14.